The SMILES string of the molecule is C=Cc1c(C(=O)OCC)cnc2c(NC(=O)c3c(Cl)cccc3Cl)cccc12. The summed E-state index contributed by atoms with van der Waals surface area (Å²) in [6.07, 6.45) is 2.97. The number of anilines is 1. The Bertz CT molecular complexity index is 1080. The summed E-state index contributed by atoms with van der Waals surface area (Å²) >= 11 is 12.2. The van der Waals surface area contributed by atoms with Crippen LogP contribution >= 0.6 is 23.2 Å². The van der Waals surface area contributed by atoms with Gasteiger partial charge in [-0.3, -0.25) is 9.78 Å². The van der Waals surface area contributed by atoms with Crippen molar-refractivity contribution < 1.29 is 14.3 Å². The fraction of sp³-hybridized carbons (Fsp3) is 0.0952. The van der Waals surface area contributed by atoms with Gasteiger partial charge in [-0.15, -0.1) is 0 Å². The van der Waals surface area contributed by atoms with Gasteiger partial charge < -0.3 is 10.1 Å². The van der Waals surface area contributed by atoms with Gasteiger partial charge in [0.1, 0.15) is 0 Å². The van der Waals surface area contributed by atoms with Crippen LogP contribution in [0.2, 0.25) is 10.0 Å². The van der Waals surface area contributed by atoms with Gasteiger partial charge in [-0.2, -0.15) is 0 Å². The van der Waals surface area contributed by atoms with E-state index in [2.05, 4.69) is 16.9 Å². The van der Waals surface area contributed by atoms with Crippen LogP contribution in [0, 0.1) is 0 Å². The van der Waals surface area contributed by atoms with E-state index in [0.29, 0.717) is 27.7 Å². The van der Waals surface area contributed by atoms with E-state index in [4.69, 9.17) is 27.9 Å². The Morgan fingerprint density at radius 1 is 1.18 bits per heavy atom. The third-order valence-corrected chi connectivity index (χ3v) is 4.71. The lowest BCUT2D eigenvalue weighted by Gasteiger charge is -2.13. The summed E-state index contributed by atoms with van der Waals surface area (Å²) in [5, 5.41) is 3.93. The molecular weight excluding hydrogens is 399 g/mol. The summed E-state index contributed by atoms with van der Waals surface area (Å²) in [6, 6.07) is 10.1. The van der Waals surface area contributed by atoms with Crippen LogP contribution < -0.4 is 5.32 Å². The number of nitrogens with one attached hydrogen (secondary N) is 1. The second-order valence-corrected chi connectivity index (χ2v) is 6.58. The number of benzene rings is 2. The maximum atomic E-state index is 12.7. The van der Waals surface area contributed by atoms with Gasteiger partial charge in [-0.25, -0.2) is 4.79 Å². The molecule has 0 saturated carbocycles. The molecule has 1 heterocycles. The zero-order valence-corrected chi connectivity index (χ0v) is 16.5. The van der Waals surface area contributed by atoms with Gasteiger partial charge in [0.05, 0.1) is 39.0 Å². The van der Waals surface area contributed by atoms with E-state index in [0.717, 1.165) is 0 Å². The summed E-state index contributed by atoms with van der Waals surface area (Å²) in [4.78, 5) is 29.2. The number of hydrogen-bond acceptors (Lipinski definition) is 4. The van der Waals surface area contributed by atoms with Crippen molar-refractivity contribution in [3.63, 3.8) is 0 Å². The molecule has 7 heteroatoms. The van der Waals surface area contributed by atoms with E-state index < -0.39 is 11.9 Å². The van der Waals surface area contributed by atoms with Crippen molar-refractivity contribution in [2.45, 2.75) is 6.92 Å². The highest BCUT2D eigenvalue weighted by Crippen LogP contribution is 2.30. The predicted octanol–water partition coefficient (Wildman–Crippen LogP) is 5.61. The minimum Gasteiger partial charge on any atom is -0.462 e. The number of hydrogen-bond donors (Lipinski definition) is 1. The summed E-state index contributed by atoms with van der Waals surface area (Å²) in [5.41, 5.74) is 2.02. The number of carbonyl (C=O) groups is 2. The second kappa shape index (κ2) is 8.42. The Morgan fingerprint density at radius 3 is 2.50 bits per heavy atom. The van der Waals surface area contributed by atoms with Crippen molar-refractivity contribution in [1.82, 2.24) is 4.98 Å². The second-order valence-electron chi connectivity index (χ2n) is 5.76. The smallest absolute Gasteiger partial charge is 0.340 e. The fourth-order valence-corrected chi connectivity index (χ4v) is 3.40. The van der Waals surface area contributed by atoms with Gasteiger partial charge in [0, 0.05) is 11.6 Å². The zero-order chi connectivity index (χ0) is 20.3. The van der Waals surface area contributed by atoms with Crippen LogP contribution in [0.15, 0.2) is 49.2 Å². The molecule has 2 aromatic carbocycles. The number of rotatable bonds is 5. The Hall–Kier alpha value is -2.89. The third kappa shape index (κ3) is 3.72. The maximum Gasteiger partial charge on any atom is 0.340 e. The lowest BCUT2D eigenvalue weighted by molar-refractivity contribution is 0.0525. The van der Waals surface area contributed by atoms with E-state index in [-0.39, 0.29) is 22.2 Å². The maximum absolute atomic E-state index is 12.7. The molecule has 0 bridgehead atoms. The van der Waals surface area contributed by atoms with Crippen LogP contribution in [0.3, 0.4) is 0 Å². The highest BCUT2D eigenvalue weighted by molar-refractivity contribution is 6.40. The minimum absolute atomic E-state index is 0.176. The van der Waals surface area contributed by atoms with Gasteiger partial charge in [-0.1, -0.05) is 54.1 Å². The standard InChI is InChI=1S/C21H16Cl2N2O3/c1-3-12-13-7-5-10-17(19(13)24-11-14(12)21(27)28-4-2)25-20(26)18-15(22)8-6-9-16(18)23/h3,5-11H,1,4H2,2H3,(H,25,26). The molecule has 3 aromatic rings. The molecular formula is C21H16Cl2N2O3. The van der Waals surface area contributed by atoms with Gasteiger partial charge in [-0.05, 0) is 30.7 Å². The average Bonchev–Trinajstić information content (AvgIpc) is 2.67. The molecule has 1 N–H and O–H groups in total. The molecule has 5 nitrogen and oxygen atoms in total. The first-order valence-corrected chi connectivity index (χ1v) is 9.20. The lowest BCUT2D eigenvalue weighted by Crippen LogP contribution is -2.14. The molecule has 0 unspecified atom stereocenters. The number of esters is 1. The highest BCUT2D eigenvalue weighted by Gasteiger charge is 2.19. The first kappa shape index (κ1) is 19.9. The largest absolute Gasteiger partial charge is 0.462 e. The Labute approximate surface area is 171 Å². The van der Waals surface area contributed by atoms with Gasteiger partial charge in [0.2, 0.25) is 0 Å². The summed E-state index contributed by atoms with van der Waals surface area (Å²) in [6.45, 7) is 5.77. The third-order valence-electron chi connectivity index (χ3n) is 4.08. The fourth-order valence-electron chi connectivity index (χ4n) is 2.84. The Kier molecular flexibility index (Phi) is 5.97. The molecule has 1 aromatic heterocycles. The number of aromatic nitrogens is 1. The average molecular weight is 415 g/mol. The lowest BCUT2D eigenvalue weighted by atomic mass is 10.0. The molecule has 0 fully saturated rings. The van der Waals surface area contributed by atoms with Gasteiger partial charge in [0.15, 0.2) is 0 Å². The highest BCUT2D eigenvalue weighted by atomic mass is 35.5. The van der Waals surface area contributed by atoms with Crippen molar-refractivity contribution in [2.24, 2.45) is 0 Å². The Morgan fingerprint density at radius 2 is 1.86 bits per heavy atom. The topological polar surface area (TPSA) is 68.3 Å². The number of halogens is 2. The summed E-state index contributed by atoms with van der Waals surface area (Å²) < 4.78 is 5.07. The molecule has 0 aliphatic carbocycles. The van der Waals surface area contributed by atoms with Crippen LogP contribution in [-0.4, -0.2) is 23.5 Å². The number of ether oxygens (including phenoxy) is 1. The number of fused-ring (bicyclic) bond motifs is 1. The van der Waals surface area contributed by atoms with Crippen LogP contribution in [0.5, 0.6) is 0 Å². The molecule has 0 spiro atoms. The van der Waals surface area contributed by atoms with Crippen molar-refractivity contribution >= 4 is 57.7 Å². The predicted molar refractivity (Wildman–Crippen MR) is 112 cm³/mol. The molecule has 3 rings (SSSR count). The van der Waals surface area contributed by atoms with Crippen LogP contribution in [-0.2, 0) is 4.74 Å². The molecule has 142 valence electrons. The van der Waals surface area contributed by atoms with E-state index in [9.17, 15) is 9.59 Å². The Balaban J connectivity index is 2.07. The van der Waals surface area contributed by atoms with E-state index in [1.165, 1.54) is 6.20 Å². The quantitative estimate of drug-likeness (QED) is 0.550. The summed E-state index contributed by atoms with van der Waals surface area (Å²) in [7, 11) is 0. The van der Waals surface area contributed by atoms with E-state index in [1.54, 1.807) is 49.4 Å². The van der Waals surface area contributed by atoms with E-state index >= 15 is 0 Å². The number of amides is 1. The number of carbonyl (C=O) groups excluding carboxylic acids is 2. The van der Waals surface area contributed by atoms with Crippen LogP contribution in [0.1, 0.15) is 33.2 Å². The first-order chi connectivity index (χ1) is 13.5. The molecule has 0 aliphatic heterocycles. The number of para-hydroxylation sites is 1. The normalized spacial score (nSPS) is 10.5. The van der Waals surface area contributed by atoms with Crippen molar-refractivity contribution in [2.75, 3.05) is 11.9 Å². The van der Waals surface area contributed by atoms with Crippen LogP contribution in [0.25, 0.3) is 17.0 Å². The zero-order valence-electron chi connectivity index (χ0n) is 15.0. The van der Waals surface area contributed by atoms with Crippen molar-refractivity contribution in [3.05, 3.63) is 75.9 Å². The number of pyridine rings is 1. The van der Waals surface area contributed by atoms with Gasteiger partial charge >= 0.3 is 5.97 Å². The van der Waals surface area contributed by atoms with E-state index in [1.807, 2.05) is 0 Å². The molecule has 1 amide bonds. The van der Waals surface area contributed by atoms with Gasteiger partial charge in [0.25, 0.3) is 5.91 Å². The monoisotopic (exact) mass is 414 g/mol. The van der Waals surface area contributed by atoms with Crippen molar-refractivity contribution in [1.29, 1.82) is 0 Å². The molecule has 0 saturated heterocycles. The molecule has 28 heavy (non-hydrogen) atoms. The molecule has 0 atom stereocenters. The first-order valence-electron chi connectivity index (χ1n) is 8.44. The minimum atomic E-state index is -0.482. The number of nitrogens with zero attached hydrogens (tertiary/aromatic N) is 1. The molecule has 0 aliphatic rings. The van der Waals surface area contributed by atoms with Crippen molar-refractivity contribution in [3.8, 4) is 0 Å². The summed E-state index contributed by atoms with van der Waals surface area (Å²) in [5.74, 6) is -0.941. The van der Waals surface area contributed by atoms with Crippen LogP contribution in [0.4, 0.5) is 5.69 Å². The molecule has 0 radical (unpaired) electrons.